The monoisotopic (exact) mass is 440 g/mol. The molecule has 0 aliphatic carbocycles. The first-order valence-electron chi connectivity index (χ1n) is 10.9. The Hall–Kier alpha value is -2.70. The van der Waals surface area contributed by atoms with Gasteiger partial charge in [-0.3, -0.25) is 0 Å². The lowest BCUT2D eigenvalue weighted by Gasteiger charge is -2.19. The zero-order valence-corrected chi connectivity index (χ0v) is 19.4. The molecular weight excluding hydrogens is 408 g/mol. The third-order valence-electron chi connectivity index (χ3n) is 6.25. The van der Waals surface area contributed by atoms with E-state index < -0.39 is 0 Å². The van der Waals surface area contributed by atoms with Crippen LogP contribution in [-0.4, -0.2) is 41.2 Å². The molecular formula is C26H32O6. The van der Waals surface area contributed by atoms with Crippen LogP contribution in [0.5, 0.6) is 23.0 Å². The Morgan fingerprint density at radius 1 is 0.781 bits per heavy atom. The van der Waals surface area contributed by atoms with Crippen LogP contribution in [0.2, 0.25) is 0 Å². The Labute approximate surface area is 190 Å². The number of rotatable bonds is 8. The molecule has 0 saturated carbocycles. The molecule has 0 spiro atoms. The minimum atomic E-state index is -0.0362. The van der Waals surface area contributed by atoms with Crippen molar-refractivity contribution in [3.63, 3.8) is 0 Å². The van der Waals surface area contributed by atoms with Gasteiger partial charge in [-0.2, -0.15) is 0 Å². The van der Waals surface area contributed by atoms with Crippen molar-refractivity contribution < 1.29 is 28.4 Å². The molecule has 4 rings (SSSR count). The third-order valence-corrected chi connectivity index (χ3v) is 6.25. The maximum absolute atomic E-state index is 6.27. The average Bonchev–Trinajstić information content (AvgIpc) is 3.41. The molecule has 2 aromatic carbocycles. The van der Waals surface area contributed by atoms with Gasteiger partial charge in [-0.1, -0.05) is 17.7 Å². The fourth-order valence-corrected chi connectivity index (χ4v) is 4.54. The van der Waals surface area contributed by atoms with E-state index in [4.69, 9.17) is 28.4 Å². The van der Waals surface area contributed by atoms with Gasteiger partial charge in [0.1, 0.15) is 6.61 Å². The van der Waals surface area contributed by atoms with Crippen LogP contribution in [0.15, 0.2) is 48.0 Å². The Morgan fingerprint density at radius 2 is 1.28 bits per heavy atom. The normalized spacial score (nSPS) is 24.0. The number of allylic oxidation sites excluding steroid dienone is 1. The van der Waals surface area contributed by atoms with Gasteiger partial charge < -0.3 is 28.4 Å². The number of fused-ring (bicyclic) bond motifs is 1. The number of hydrogen-bond donors (Lipinski definition) is 0. The van der Waals surface area contributed by atoms with Crippen molar-refractivity contribution in [2.24, 2.45) is 11.8 Å². The molecule has 0 aromatic heterocycles. The van der Waals surface area contributed by atoms with Crippen molar-refractivity contribution in [2.75, 3.05) is 41.2 Å². The van der Waals surface area contributed by atoms with Gasteiger partial charge in [-0.25, -0.2) is 0 Å². The summed E-state index contributed by atoms with van der Waals surface area (Å²) in [6.07, 6.45) is 1.98. The van der Waals surface area contributed by atoms with Crippen LogP contribution < -0.4 is 18.9 Å². The lowest BCUT2D eigenvalue weighted by Crippen LogP contribution is -2.14. The minimum absolute atomic E-state index is 0.0293. The summed E-state index contributed by atoms with van der Waals surface area (Å²) in [5.74, 6) is 3.42. The summed E-state index contributed by atoms with van der Waals surface area (Å²) in [7, 11) is 4.95. The molecule has 2 aromatic rings. The number of benzene rings is 2. The van der Waals surface area contributed by atoms with E-state index in [1.54, 1.807) is 21.3 Å². The van der Waals surface area contributed by atoms with E-state index in [0.29, 0.717) is 37.1 Å². The van der Waals surface area contributed by atoms with Crippen molar-refractivity contribution in [1.29, 1.82) is 0 Å². The smallest absolute Gasteiger partial charge is 0.161 e. The summed E-state index contributed by atoms with van der Waals surface area (Å²) in [6, 6.07) is 12.0. The molecule has 2 fully saturated rings. The molecule has 4 unspecified atom stereocenters. The zero-order valence-electron chi connectivity index (χ0n) is 19.4. The van der Waals surface area contributed by atoms with Gasteiger partial charge in [0.25, 0.3) is 0 Å². The summed E-state index contributed by atoms with van der Waals surface area (Å²) >= 11 is 0. The zero-order chi connectivity index (χ0) is 22.7. The maximum Gasteiger partial charge on any atom is 0.161 e. The molecule has 4 atom stereocenters. The summed E-state index contributed by atoms with van der Waals surface area (Å²) in [4.78, 5) is 0. The van der Waals surface area contributed by atoms with Gasteiger partial charge in [0.2, 0.25) is 0 Å². The SMILES string of the molecule is COc1ccc(C2OCC3C(c4ccc(OCC=C(C)C)c(OC)c4)OCC23)cc1OC. The van der Waals surface area contributed by atoms with Crippen molar-refractivity contribution in [2.45, 2.75) is 26.1 Å². The molecule has 0 N–H and O–H groups in total. The summed E-state index contributed by atoms with van der Waals surface area (Å²) in [6.45, 7) is 5.92. The molecule has 0 amide bonds. The van der Waals surface area contributed by atoms with Crippen LogP contribution in [-0.2, 0) is 9.47 Å². The van der Waals surface area contributed by atoms with E-state index in [-0.39, 0.29) is 24.0 Å². The van der Waals surface area contributed by atoms with Gasteiger partial charge in [0.15, 0.2) is 23.0 Å². The van der Waals surface area contributed by atoms with Crippen molar-refractivity contribution >= 4 is 0 Å². The quantitative estimate of drug-likeness (QED) is 0.530. The summed E-state index contributed by atoms with van der Waals surface area (Å²) in [5, 5.41) is 0. The number of ether oxygens (including phenoxy) is 6. The third kappa shape index (κ3) is 4.43. The molecule has 2 aliphatic heterocycles. The second kappa shape index (κ2) is 9.84. The van der Waals surface area contributed by atoms with Crippen LogP contribution in [0, 0.1) is 11.8 Å². The Kier molecular flexibility index (Phi) is 6.92. The van der Waals surface area contributed by atoms with Gasteiger partial charge in [-0.05, 0) is 55.3 Å². The second-order valence-electron chi connectivity index (χ2n) is 8.45. The Balaban J connectivity index is 1.50. The number of methoxy groups -OCH3 is 3. The van der Waals surface area contributed by atoms with Crippen LogP contribution >= 0.6 is 0 Å². The van der Waals surface area contributed by atoms with E-state index in [1.807, 2.05) is 36.4 Å². The number of hydrogen-bond acceptors (Lipinski definition) is 6. The van der Waals surface area contributed by atoms with E-state index in [1.165, 1.54) is 5.57 Å². The molecule has 6 nitrogen and oxygen atoms in total. The predicted molar refractivity (Wildman–Crippen MR) is 122 cm³/mol. The van der Waals surface area contributed by atoms with Crippen molar-refractivity contribution in [1.82, 2.24) is 0 Å². The average molecular weight is 441 g/mol. The fourth-order valence-electron chi connectivity index (χ4n) is 4.54. The molecule has 32 heavy (non-hydrogen) atoms. The molecule has 0 bridgehead atoms. The van der Waals surface area contributed by atoms with E-state index >= 15 is 0 Å². The molecule has 2 aliphatic rings. The second-order valence-corrected chi connectivity index (χ2v) is 8.45. The van der Waals surface area contributed by atoms with Crippen LogP contribution in [0.3, 0.4) is 0 Å². The van der Waals surface area contributed by atoms with Gasteiger partial charge in [0.05, 0.1) is 46.8 Å². The molecule has 2 saturated heterocycles. The Bertz CT molecular complexity index is 965. The summed E-state index contributed by atoms with van der Waals surface area (Å²) in [5.41, 5.74) is 3.39. The van der Waals surface area contributed by atoms with E-state index in [9.17, 15) is 0 Å². The van der Waals surface area contributed by atoms with E-state index in [2.05, 4.69) is 19.9 Å². The van der Waals surface area contributed by atoms with Gasteiger partial charge in [-0.15, -0.1) is 0 Å². The standard InChI is InChI=1S/C26H32O6/c1-16(2)10-11-30-22-9-7-18(13-24(22)29-5)26-20-15-31-25(19(20)14-32-26)17-6-8-21(27-3)23(12-17)28-4/h6-10,12-13,19-20,25-26H,11,14-15H2,1-5H3. The lowest BCUT2D eigenvalue weighted by molar-refractivity contribution is 0.0191. The first-order valence-corrected chi connectivity index (χ1v) is 10.9. The fraction of sp³-hybridized carbons (Fsp3) is 0.462. The van der Waals surface area contributed by atoms with Crippen LogP contribution in [0.4, 0.5) is 0 Å². The molecule has 6 heteroatoms. The minimum Gasteiger partial charge on any atom is -0.493 e. The first-order chi connectivity index (χ1) is 15.5. The Morgan fingerprint density at radius 3 is 1.78 bits per heavy atom. The highest BCUT2D eigenvalue weighted by molar-refractivity contribution is 5.45. The van der Waals surface area contributed by atoms with Crippen LogP contribution in [0.25, 0.3) is 0 Å². The highest BCUT2D eigenvalue weighted by Gasteiger charge is 2.48. The molecule has 2 heterocycles. The van der Waals surface area contributed by atoms with Crippen molar-refractivity contribution in [3.05, 3.63) is 59.2 Å². The maximum atomic E-state index is 6.27. The van der Waals surface area contributed by atoms with Crippen molar-refractivity contribution in [3.8, 4) is 23.0 Å². The largest absolute Gasteiger partial charge is 0.493 e. The molecule has 0 radical (unpaired) electrons. The predicted octanol–water partition coefficient (Wildman–Crippen LogP) is 5.13. The van der Waals surface area contributed by atoms with Gasteiger partial charge in [0, 0.05) is 11.8 Å². The molecule has 172 valence electrons. The van der Waals surface area contributed by atoms with Crippen LogP contribution in [0.1, 0.15) is 37.2 Å². The van der Waals surface area contributed by atoms with E-state index in [0.717, 1.165) is 16.9 Å². The highest BCUT2D eigenvalue weighted by Crippen LogP contribution is 2.51. The first kappa shape index (κ1) is 22.5. The topological polar surface area (TPSA) is 55.4 Å². The highest BCUT2D eigenvalue weighted by atomic mass is 16.5. The van der Waals surface area contributed by atoms with Gasteiger partial charge >= 0.3 is 0 Å². The lowest BCUT2D eigenvalue weighted by atomic mass is 9.85. The summed E-state index contributed by atoms with van der Waals surface area (Å²) < 4.78 is 34.8.